The molecular weight excluding hydrogens is 204 g/mol. The molecule has 0 bridgehead atoms. The van der Waals surface area contributed by atoms with Gasteiger partial charge in [0.25, 0.3) is 0 Å². The van der Waals surface area contributed by atoms with Gasteiger partial charge >= 0.3 is 0 Å². The van der Waals surface area contributed by atoms with E-state index in [4.69, 9.17) is 4.74 Å². The first kappa shape index (κ1) is 11.4. The molecule has 0 saturated heterocycles. The summed E-state index contributed by atoms with van der Waals surface area (Å²) in [5.41, 5.74) is 0. The molecule has 0 aliphatic heterocycles. The number of alkyl halides is 1. The summed E-state index contributed by atoms with van der Waals surface area (Å²) < 4.78 is 5.26. The Hall–Kier alpha value is 0.440. The SMILES string of the molecule is CCOCCCC(CC)CBr. The van der Waals surface area contributed by atoms with E-state index in [9.17, 15) is 0 Å². The van der Waals surface area contributed by atoms with Crippen LogP contribution in [0.5, 0.6) is 0 Å². The van der Waals surface area contributed by atoms with Gasteiger partial charge < -0.3 is 4.74 Å². The van der Waals surface area contributed by atoms with Crippen molar-refractivity contribution in [1.82, 2.24) is 0 Å². The van der Waals surface area contributed by atoms with E-state index in [1.807, 2.05) is 6.92 Å². The monoisotopic (exact) mass is 222 g/mol. The zero-order chi connectivity index (χ0) is 8.53. The van der Waals surface area contributed by atoms with Crippen LogP contribution in [-0.4, -0.2) is 18.5 Å². The highest BCUT2D eigenvalue weighted by Gasteiger charge is 2.02. The van der Waals surface area contributed by atoms with Gasteiger partial charge in [-0.25, -0.2) is 0 Å². The van der Waals surface area contributed by atoms with E-state index in [1.165, 1.54) is 19.3 Å². The molecule has 0 fully saturated rings. The fraction of sp³-hybridized carbons (Fsp3) is 1.00. The third-order valence-corrected chi connectivity index (χ3v) is 2.82. The summed E-state index contributed by atoms with van der Waals surface area (Å²) in [6, 6.07) is 0. The highest BCUT2D eigenvalue weighted by atomic mass is 79.9. The van der Waals surface area contributed by atoms with Gasteiger partial charge in [-0.3, -0.25) is 0 Å². The van der Waals surface area contributed by atoms with Crippen molar-refractivity contribution >= 4 is 15.9 Å². The van der Waals surface area contributed by atoms with Gasteiger partial charge in [0.2, 0.25) is 0 Å². The molecule has 0 aliphatic carbocycles. The zero-order valence-corrected chi connectivity index (χ0v) is 9.19. The number of halogens is 1. The first-order valence-electron chi connectivity index (χ1n) is 4.48. The van der Waals surface area contributed by atoms with Gasteiger partial charge in [-0.2, -0.15) is 0 Å². The second-order valence-corrected chi connectivity index (χ2v) is 3.42. The standard InChI is InChI=1S/C9H19BrO/c1-3-9(8-10)6-5-7-11-4-2/h9H,3-8H2,1-2H3. The maximum absolute atomic E-state index is 5.26. The van der Waals surface area contributed by atoms with E-state index in [0.717, 1.165) is 24.5 Å². The topological polar surface area (TPSA) is 9.23 Å². The molecule has 0 aromatic rings. The van der Waals surface area contributed by atoms with Crippen LogP contribution in [0.15, 0.2) is 0 Å². The van der Waals surface area contributed by atoms with Gasteiger partial charge in [0.15, 0.2) is 0 Å². The quantitative estimate of drug-likeness (QED) is 0.475. The smallest absolute Gasteiger partial charge is 0.0465 e. The van der Waals surface area contributed by atoms with Gasteiger partial charge in [0.05, 0.1) is 0 Å². The Morgan fingerprint density at radius 3 is 2.55 bits per heavy atom. The predicted octanol–water partition coefficient (Wildman–Crippen LogP) is 3.22. The van der Waals surface area contributed by atoms with Crippen LogP contribution in [0.1, 0.15) is 33.1 Å². The van der Waals surface area contributed by atoms with Crippen molar-refractivity contribution in [3.05, 3.63) is 0 Å². The third-order valence-electron chi connectivity index (χ3n) is 1.90. The van der Waals surface area contributed by atoms with Crippen LogP contribution in [0, 0.1) is 5.92 Å². The van der Waals surface area contributed by atoms with Gasteiger partial charge in [0, 0.05) is 18.5 Å². The van der Waals surface area contributed by atoms with E-state index in [2.05, 4.69) is 22.9 Å². The first-order valence-corrected chi connectivity index (χ1v) is 5.61. The van der Waals surface area contributed by atoms with Crippen molar-refractivity contribution in [2.24, 2.45) is 5.92 Å². The Morgan fingerprint density at radius 2 is 2.09 bits per heavy atom. The first-order chi connectivity index (χ1) is 5.35. The second-order valence-electron chi connectivity index (χ2n) is 2.77. The molecule has 68 valence electrons. The van der Waals surface area contributed by atoms with Crippen molar-refractivity contribution in [2.75, 3.05) is 18.5 Å². The minimum atomic E-state index is 0.843. The lowest BCUT2D eigenvalue weighted by Crippen LogP contribution is -2.02. The van der Waals surface area contributed by atoms with Gasteiger partial charge in [-0.15, -0.1) is 0 Å². The molecule has 0 aromatic carbocycles. The van der Waals surface area contributed by atoms with Crippen molar-refractivity contribution < 1.29 is 4.74 Å². The van der Waals surface area contributed by atoms with Gasteiger partial charge in [-0.05, 0) is 25.7 Å². The predicted molar refractivity (Wildman–Crippen MR) is 53.3 cm³/mol. The van der Waals surface area contributed by atoms with E-state index >= 15 is 0 Å². The molecule has 2 heteroatoms. The lowest BCUT2D eigenvalue weighted by atomic mass is 10.0. The van der Waals surface area contributed by atoms with Gasteiger partial charge in [-0.1, -0.05) is 29.3 Å². The van der Waals surface area contributed by atoms with Crippen molar-refractivity contribution in [3.63, 3.8) is 0 Å². The van der Waals surface area contributed by atoms with E-state index in [-0.39, 0.29) is 0 Å². The fourth-order valence-electron chi connectivity index (χ4n) is 1.01. The molecular formula is C9H19BrO. The average molecular weight is 223 g/mol. The fourth-order valence-corrected chi connectivity index (χ4v) is 1.79. The average Bonchev–Trinajstić information content (AvgIpc) is 2.05. The van der Waals surface area contributed by atoms with Crippen LogP contribution in [0.4, 0.5) is 0 Å². The summed E-state index contributed by atoms with van der Waals surface area (Å²) in [7, 11) is 0. The highest BCUT2D eigenvalue weighted by Crippen LogP contribution is 2.13. The summed E-state index contributed by atoms with van der Waals surface area (Å²) in [5, 5.41) is 1.13. The number of rotatable bonds is 7. The van der Waals surface area contributed by atoms with Crippen LogP contribution >= 0.6 is 15.9 Å². The molecule has 0 amide bonds. The lowest BCUT2D eigenvalue weighted by Gasteiger charge is -2.10. The van der Waals surface area contributed by atoms with Crippen LogP contribution in [0.3, 0.4) is 0 Å². The summed E-state index contributed by atoms with van der Waals surface area (Å²) >= 11 is 3.50. The molecule has 0 heterocycles. The molecule has 1 atom stereocenters. The van der Waals surface area contributed by atoms with Crippen LogP contribution in [0.25, 0.3) is 0 Å². The summed E-state index contributed by atoms with van der Waals surface area (Å²) in [6.07, 6.45) is 3.77. The van der Waals surface area contributed by atoms with E-state index in [0.29, 0.717) is 0 Å². The minimum Gasteiger partial charge on any atom is -0.382 e. The number of hydrogen-bond acceptors (Lipinski definition) is 1. The lowest BCUT2D eigenvalue weighted by molar-refractivity contribution is 0.140. The molecule has 0 aliphatic rings. The number of hydrogen-bond donors (Lipinski definition) is 0. The molecule has 0 radical (unpaired) electrons. The Morgan fingerprint density at radius 1 is 1.36 bits per heavy atom. The summed E-state index contributed by atoms with van der Waals surface area (Å²) in [5.74, 6) is 0.843. The highest BCUT2D eigenvalue weighted by molar-refractivity contribution is 9.09. The Bertz CT molecular complexity index is 72.0. The van der Waals surface area contributed by atoms with Gasteiger partial charge in [0.1, 0.15) is 0 Å². The van der Waals surface area contributed by atoms with Crippen LogP contribution < -0.4 is 0 Å². The van der Waals surface area contributed by atoms with Crippen molar-refractivity contribution in [1.29, 1.82) is 0 Å². The maximum Gasteiger partial charge on any atom is 0.0465 e. The molecule has 11 heavy (non-hydrogen) atoms. The Kier molecular flexibility index (Phi) is 8.88. The van der Waals surface area contributed by atoms with Crippen molar-refractivity contribution in [3.8, 4) is 0 Å². The molecule has 0 spiro atoms. The maximum atomic E-state index is 5.26. The second kappa shape index (κ2) is 8.54. The molecule has 1 nitrogen and oxygen atoms in total. The van der Waals surface area contributed by atoms with Crippen LogP contribution in [0.2, 0.25) is 0 Å². The van der Waals surface area contributed by atoms with E-state index < -0.39 is 0 Å². The molecule has 1 unspecified atom stereocenters. The minimum absolute atomic E-state index is 0.843. The molecule has 0 rings (SSSR count). The van der Waals surface area contributed by atoms with Crippen LogP contribution in [-0.2, 0) is 4.74 Å². The normalized spacial score (nSPS) is 13.4. The summed E-state index contributed by atoms with van der Waals surface area (Å²) in [4.78, 5) is 0. The van der Waals surface area contributed by atoms with E-state index in [1.54, 1.807) is 0 Å². The Balaban J connectivity index is 3.07. The molecule has 0 N–H and O–H groups in total. The van der Waals surface area contributed by atoms with Crippen molar-refractivity contribution in [2.45, 2.75) is 33.1 Å². The Labute approximate surface area is 78.6 Å². The number of ether oxygens (including phenoxy) is 1. The third kappa shape index (κ3) is 6.82. The largest absolute Gasteiger partial charge is 0.382 e. The summed E-state index contributed by atoms with van der Waals surface area (Å²) in [6.45, 7) is 6.07. The molecule has 0 saturated carbocycles. The zero-order valence-electron chi connectivity index (χ0n) is 7.61. The molecule has 0 aromatic heterocycles.